The van der Waals surface area contributed by atoms with E-state index in [0.29, 0.717) is 6.04 Å². The lowest BCUT2D eigenvalue weighted by atomic mass is 10.0. The highest BCUT2D eigenvalue weighted by Gasteiger charge is 2.34. The number of aryl methyl sites for hydroxylation is 1. The molecule has 3 aromatic rings. The van der Waals surface area contributed by atoms with Crippen molar-refractivity contribution in [2.45, 2.75) is 12.6 Å². The molecule has 0 bridgehead atoms. The third-order valence-electron chi connectivity index (χ3n) is 5.77. The molecule has 2 aliphatic rings. The van der Waals surface area contributed by atoms with Crippen LogP contribution in [0, 0.1) is 0 Å². The maximum atomic E-state index is 4.04. The van der Waals surface area contributed by atoms with Gasteiger partial charge >= 0.3 is 0 Å². The first-order chi connectivity index (χ1) is 12.8. The van der Waals surface area contributed by atoms with Crippen molar-refractivity contribution < 1.29 is 0 Å². The molecule has 0 spiro atoms. The number of aromatic nitrogens is 3. The Bertz CT molecular complexity index is 878. The van der Waals surface area contributed by atoms with E-state index in [-0.39, 0.29) is 0 Å². The zero-order valence-corrected chi connectivity index (χ0v) is 15.0. The lowest BCUT2D eigenvalue weighted by Gasteiger charge is -2.38. The minimum Gasteiger partial charge on any atom is -0.295 e. The average molecular weight is 345 g/mol. The summed E-state index contributed by atoms with van der Waals surface area (Å²) in [4.78, 5) is 5.14. The molecular formula is C21H23N5. The molecule has 0 radical (unpaired) electrons. The standard InChI is InChI=1S/C21H23N5/c1-24-16(14-22-23-24)15-25-10-12-26(13-11-25)21-19-8-4-2-6-17(19)18-7-3-5-9-20(18)21/h2-9,14,21H,10-13,15H2,1H3. The van der Waals surface area contributed by atoms with Crippen molar-refractivity contribution in [1.29, 1.82) is 0 Å². The average Bonchev–Trinajstić information content (AvgIpc) is 3.24. The predicted octanol–water partition coefficient (Wildman–Crippen LogP) is 2.70. The van der Waals surface area contributed by atoms with Crippen LogP contribution in [0.15, 0.2) is 54.7 Å². The van der Waals surface area contributed by atoms with Gasteiger partial charge in [-0.1, -0.05) is 53.7 Å². The van der Waals surface area contributed by atoms with Gasteiger partial charge in [-0.3, -0.25) is 14.5 Å². The molecule has 5 rings (SSSR count). The van der Waals surface area contributed by atoms with Crippen molar-refractivity contribution in [1.82, 2.24) is 24.8 Å². The molecule has 0 N–H and O–H groups in total. The molecule has 1 aromatic heterocycles. The smallest absolute Gasteiger partial charge is 0.0738 e. The van der Waals surface area contributed by atoms with E-state index in [1.54, 1.807) is 0 Å². The monoisotopic (exact) mass is 345 g/mol. The van der Waals surface area contributed by atoms with Crippen molar-refractivity contribution in [2.24, 2.45) is 7.05 Å². The van der Waals surface area contributed by atoms with Crippen LogP contribution in [0.3, 0.4) is 0 Å². The van der Waals surface area contributed by atoms with Crippen LogP contribution in [0.2, 0.25) is 0 Å². The summed E-state index contributed by atoms with van der Waals surface area (Å²) in [7, 11) is 1.96. The second-order valence-electron chi connectivity index (χ2n) is 7.24. The van der Waals surface area contributed by atoms with Crippen LogP contribution in [0.4, 0.5) is 0 Å². The van der Waals surface area contributed by atoms with Crippen molar-refractivity contribution in [3.05, 3.63) is 71.5 Å². The van der Waals surface area contributed by atoms with Crippen LogP contribution in [0.1, 0.15) is 22.9 Å². The minimum absolute atomic E-state index is 0.392. The van der Waals surface area contributed by atoms with Gasteiger partial charge in [0.25, 0.3) is 0 Å². The molecule has 0 unspecified atom stereocenters. The summed E-state index contributed by atoms with van der Waals surface area (Å²) in [5.74, 6) is 0. The molecule has 2 heterocycles. The van der Waals surface area contributed by atoms with Gasteiger partial charge in [0, 0.05) is 39.8 Å². The number of fused-ring (bicyclic) bond motifs is 3. The van der Waals surface area contributed by atoms with Gasteiger partial charge in [-0.25, -0.2) is 0 Å². The Morgan fingerprint density at radius 3 is 2.08 bits per heavy atom. The van der Waals surface area contributed by atoms with E-state index in [9.17, 15) is 0 Å². The van der Waals surface area contributed by atoms with Crippen LogP contribution in [0.5, 0.6) is 0 Å². The number of piperazine rings is 1. The van der Waals surface area contributed by atoms with Gasteiger partial charge in [-0.15, -0.1) is 5.10 Å². The molecule has 1 saturated heterocycles. The second kappa shape index (κ2) is 6.34. The maximum absolute atomic E-state index is 4.04. The van der Waals surface area contributed by atoms with Gasteiger partial charge in [-0.05, 0) is 22.3 Å². The number of rotatable bonds is 3. The van der Waals surface area contributed by atoms with Crippen molar-refractivity contribution in [3.8, 4) is 11.1 Å². The molecular weight excluding hydrogens is 322 g/mol. The first-order valence-corrected chi connectivity index (χ1v) is 9.29. The number of benzene rings is 2. The van der Waals surface area contributed by atoms with E-state index < -0.39 is 0 Å². The van der Waals surface area contributed by atoms with Crippen molar-refractivity contribution in [2.75, 3.05) is 26.2 Å². The van der Waals surface area contributed by atoms with E-state index in [1.165, 1.54) is 27.9 Å². The van der Waals surface area contributed by atoms with Crippen LogP contribution in [-0.2, 0) is 13.6 Å². The molecule has 0 saturated carbocycles. The summed E-state index contributed by atoms with van der Waals surface area (Å²) in [6, 6.07) is 18.2. The van der Waals surface area contributed by atoms with E-state index in [1.807, 2.05) is 17.9 Å². The molecule has 1 fully saturated rings. The van der Waals surface area contributed by atoms with Crippen LogP contribution in [0.25, 0.3) is 11.1 Å². The molecule has 26 heavy (non-hydrogen) atoms. The molecule has 1 aliphatic heterocycles. The van der Waals surface area contributed by atoms with Gasteiger partial charge in [0.1, 0.15) is 0 Å². The summed E-state index contributed by atoms with van der Waals surface area (Å²) in [5.41, 5.74) is 6.89. The SMILES string of the molecule is Cn1nncc1CN1CCN(C2c3ccccc3-c3ccccc32)CC1. The fourth-order valence-corrected chi connectivity index (χ4v) is 4.39. The number of hydrogen-bond acceptors (Lipinski definition) is 4. The van der Waals surface area contributed by atoms with Crippen LogP contribution >= 0.6 is 0 Å². The first-order valence-electron chi connectivity index (χ1n) is 9.29. The minimum atomic E-state index is 0.392. The Morgan fingerprint density at radius 1 is 0.885 bits per heavy atom. The molecule has 5 nitrogen and oxygen atoms in total. The molecule has 132 valence electrons. The number of hydrogen-bond donors (Lipinski definition) is 0. The fourth-order valence-electron chi connectivity index (χ4n) is 4.39. The second-order valence-corrected chi connectivity index (χ2v) is 7.24. The highest BCUT2D eigenvalue weighted by Crippen LogP contribution is 2.46. The van der Waals surface area contributed by atoms with E-state index in [2.05, 4.69) is 68.6 Å². The summed E-state index contributed by atoms with van der Waals surface area (Å²) < 4.78 is 1.87. The summed E-state index contributed by atoms with van der Waals surface area (Å²) in [6.07, 6.45) is 1.87. The third-order valence-corrected chi connectivity index (χ3v) is 5.77. The van der Waals surface area contributed by atoms with E-state index in [4.69, 9.17) is 0 Å². The fraction of sp³-hybridized carbons (Fsp3) is 0.333. The topological polar surface area (TPSA) is 37.2 Å². The zero-order chi connectivity index (χ0) is 17.5. The van der Waals surface area contributed by atoms with Crippen LogP contribution < -0.4 is 0 Å². The lowest BCUT2D eigenvalue weighted by molar-refractivity contribution is 0.104. The van der Waals surface area contributed by atoms with Gasteiger partial charge in [0.05, 0.1) is 17.9 Å². The van der Waals surface area contributed by atoms with Crippen molar-refractivity contribution in [3.63, 3.8) is 0 Å². The first kappa shape index (κ1) is 15.7. The van der Waals surface area contributed by atoms with E-state index >= 15 is 0 Å². The molecule has 1 aliphatic carbocycles. The van der Waals surface area contributed by atoms with Crippen molar-refractivity contribution >= 4 is 0 Å². The van der Waals surface area contributed by atoms with Gasteiger partial charge in [0.15, 0.2) is 0 Å². The third kappa shape index (κ3) is 2.55. The van der Waals surface area contributed by atoms with Crippen LogP contribution in [-0.4, -0.2) is 51.0 Å². The lowest BCUT2D eigenvalue weighted by Crippen LogP contribution is -2.47. The normalized spacial score (nSPS) is 18.0. The molecule has 0 atom stereocenters. The highest BCUT2D eigenvalue weighted by atomic mass is 15.4. The van der Waals surface area contributed by atoms with E-state index in [0.717, 1.165) is 32.7 Å². The van der Waals surface area contributed by atoms with Gasteiger partial charge in [-0.2, -0.15) is 0 Å². The maximum Gasteiger partial charge on any atom is 0.0738 e. The Kier molecular flexibility index (Phi) is 3.84. The highest BCUT2D eigenvalue weighted by molar-refractivity contribution is 5.78. The number of nitrogens with zero attached hydrogens (tertiary/aromatic N) is 5. The Hall–Kier alpha value is -2.50. The zero-order valence-electron chi connectivity index (χ0n) is 15.0. The molecule has 2 aromatic carbocycles. The summed E-state index contributed by atoms with van der Waals surface area (Å²) >= 11 is 0. The predicted molar refractivity (Wildman–Crippen MR) is 102 cm³/mol. The Morgan fingerprint density at radius 2 is 1.50 bits per heavy atom. The largest absolute Gasteiger partial charge is 0.295 e. The van der Waals surface area contributed by atoms with Gasteiger partial charge < -0.3 is 0 Å². The Balaban J connectivity index is 1.36. The quantitative estimate of drug-likeness (QED) is 0.731. The Labute approximate surface area is 153 Å². The van der Waals surface area contributed by atoms with Gasteiger partial charge in [0.2, 0.25) is 0 Å². The summed E-state index contributed by atoms with van der Waals surface area (Å²) in [6.45, 7) is 5.24. The molecule has 5 heteroatoms. The molecule has 0 amide bonds. The summed E-state index contributed by atoms with van der Waals surface area (Å²) in [5, 5.41) is 8.03.